The van der Waals surface area contributed by atoms with E-state index in [4.69, 9.17) is 0 Å². The Bertz CT molecular complexity index is 1090. The molecule has 29 heavy (non-hydrogen) atoms. The molecule has 0 amide bonds. The second-order valence-electron chi connectivity index (χ2n) is 6.42. The molecule has 2 aromatic heterocycles. The van der Waals surface area contributed by atoms with Gasteiger partial charge in [-0.1, -0.05) is 6.07 Å². The molecule has 0 atom stereocenters. The van der Waals surface area contributed by atoms with Crippen LogP contribution in [0.4, 0.5) is 13.2 Å². The molecule has 0 bridgehead atoms. The fourth-order valence-electron chi connectivity index (χ4n) is 2.96. The van der Waals surface area contributed by atoms with Crippen molar-refractivity contribution < 1.29 is 21.6 Å². The predicted molar refractivity (Wildman–Crippen MR) is 101 cm³/mol. The molecule has 0 radical (unpaired) electrons. The summed E-state index contributed by atoms with van der Waals surface area (Å²) in [4.78, 5) is 4.04. The lowest BCUT2D eigenvalue weighted by Gasteiger charge is -2.10. The maximum atomic E-state index is 12.6. The van der Waals surface area contributed by atoms with Gasteiger partial charge in [-0.3, -0.25) is 0 Å². The van der Waals surface area contributed by atoms with Crippen LogP contribution in [-0.2, 0) is 22.6 Å². The van der Waals surface area contributed by atoms with Crippen LogP contribution in [0.2, 0.25) is 0 Å². The molecule has 0 unspecified atom stereocenters. The van der Waals surface area contributed by atoms with Crippen molar-refractivity contribution in [1.29, 1.82) is 0 Å². The Labute approximate surface area is 166 Å². The first-order chi connectivity index (χ1) is 13.6. The Morgan fingerprint density at radius 2 is 1.76 bits per heavy atom. The van der Waals surface area contributed by atoms with Crippen LogP contribution in [0, 0.1) is 13.8 Å². The van der Waals surface area contributed by atoms with Gasteiger partial charge in [-0.25, -0.2) is 22.8 Å². The van der Waals surface area contributed by atoms with Crippen molar-refractivity contribution in [3.05, 3.63) is 71.2 Å². The van der Waals surface area contributed by atoms with Crippen LogP contribution >= 0.6 is 0 Å². The zero-order chi connectivity index (χ0) is 21.2. The number of aryl methyl sites for hydroxylation is 1. The van der Waals surface area contributed by atoms with Gasteiger partial charge in [0.2, 0.25) is 10.0 Å². The number of nitrogens with one attached hydrogen (secondary N) is 1. The first kappa shape index (κ1) is 21.0. The largest absolute Gasteiger partial charge is 0.416 e. The Balaban J connectivity index is 1.70. The number of rotatable bonds is 6. The summed E-state index contributed by atoms with van der Waals surface area (Å²) in [6, 6.07) is 8.85. The topological polar surface area (TPSA) is 76.9 Å². The summed E-state index contributed by atoms with van der Waals surface area (Å²) in [6.45, 7) is 3.78. The van der Waals surface area contributed by atoms with Crippen molar-refractivity contribution in [3.8, 4) is 5.82 Å². The summed E-state index contributed by atoms with van der Waals surface area (Å²) in [5.74, 6) is 0.657. The van der Waals surface area contributed by atoms with Crippen molar-refractivity contribution in [2.75, 3.05) is 6.54 Å². The molecule has 0 aliphatic carbocycles. The molecule has 6 nitrogen and oxygen atoms in total. The molecule has 3 aromatic rings. The van der Waals surface area contributed by atoms with Crippen molar-refractivity contribution in [1.82, 2.24) is 19.5 Å². The zero-order valence-electron chi connectivity index (χ0n) is 15.7. The lowest BCUT2D eigenvalue weighted by molar-refractivity contribution is -0.137. The summed E-state index contributed by atoms with van der Waals surface area (Å²) < 4.78 is 66.7. The number of hydrogen-bond acceptors (Lipinski definition) is 4. The maximum absolute atomic E-state index is 12.6. The van der Waals surface area contributed by atoms with Gasteiger partial charge in [0.05, 0.1) is 16.2 Å². The molecule has 0 saturated carbocycles. The van der Waals surface area contributed by atoms with E-state index < -0.39 is 21.8 Å². The molecule has 154 valence electrons. The van der Waals surface area contributed by atoms with Gasteiger partial charge in [-0.05, 0) is 62.2 Å². The van der Waals surface area contributed by atoms with Gasteiger partial charge in [0.1, 0.15) is 0 Å². The van der Waals surface area contributed by atoms with Gasteiger partial charge in [-0.2, -0.15) is 18.3 Å². The smallest absolute Gasteiger partial charge is 0.237 e. The van der Waals surface area contributed by atoms with Gasteiger partial charge >= 0.3 is 6.18 Å². The molecule has 0 fully saturated rings. The number of nitrogens with zero attached hydrogens (tertiary/aromatic N) is 3. The van der Waals surface area contributed by atoms with Gasteiger partial charge < -0.3 is 0 Å². The standard InChI is InChI=1S/C19H19F3N4O2S/c1-13-17(14(2)26(25-13)18-5-3-4-11-23-18)10-12-24-29(27,28)16-8-6-15(7-9-16)19(20,21)22/h3-9,11,24H,10,12H2,1-2H3. The number of hydrogen-bond donors (Lipinski definition) is 1. The molecule has 2 heterocycles. The van der Waals surface area contributed by atoms with E-state index in [0.29, 0.717) is 12.2 Å². The Hall–Kier alpha value is -2.72. The molecule has 0 saturated heterocycles. The van der Waals surface area contributed by atoms with Crippen LogP contribution in [0.25, 0.3) is 5.82 Å². The van der Waals surface area contributed by atoms with Crippen molar-refractivity contribution in [2.45, 2.75) is 31.3 Å². The van der Waals surface area contributed by atoms with Crippen molar-refractivity contribution in [2.24, 2.45) is 0 Å². The van der Waals surface area contributed by atoms with Gasteiger partial charge in [0, 0.05) is 18.4 Å². The summed E-state index contributed by atoms with van der Waals surface area (Å²) in [5.41, 5.74) is 1.58. The van der Waals surface area contributed by atoms with Gasteiger partial charge in [-0.15, -0.1) is 0 Å². The van der Waals surface area contributed by atoms with Crippen LogP contribution in [0.3, 0.4) is 0 Å². The molecule has 0 aliphatic rings. The van der Waals surface area contributed by atoms with E-state index in [2.05, 4.69) is 14.8 Å². The minimum atomic E-state index is -4.52. The average Bonchev–Trinajstić information content (AvgIpc) is 2.96. The van der Waals surface area contributed by atoms with Crippen LogP contribution in [-0.4, -0.2) is 29.7 Å². The number of alkyl halides is 3. The van der Waals surface area contributed by atoms with Crippen LogP contribution in [0.1, 0.15) is 22.5 Å². The SMILES string of the molecule is Cc1nn(-c2ccccn2)c(C)c1CCNS(=O)(=O)c1ccc(C(F)(F)F)cc1. The van der Waals surface area contributed by atoms with Crippen molar-refractivity contribution in [3.63, 3.8) is 0 Å². The second-order valence-corrected chi connectivity index (χ2v) is 8.19. The van der Waals surface area contributed by atoms with E-state index in [0.717, 1.165) is 41.2 Å². The number of benzene rings is 1. The van der Waals surface area contributed by atoms with E-state index in [1.54, 1.807) is 16.9 Å². The molecule has 0 spiro atoms. The highest BCUT2D eigenvalue weighted by Crippen LogP contribution is 2.29. The van der Waals surface area contributed by atoms with E-state index in [-0.39, 0.29) is 11.4 Å². The van der Waals surface area contributed by atoms with E-state index in [9.17, 15) is 21.6 Å². The molecule has 1 aromatic carbocycles. The van der Waals surface area contributed by atoms with Crippen LogP contribution < -0.4 is 4.72 Å². The van der Waals surface area contributed by atoms with Gasteiger partial charge in [0.15, 0.2) is 5.82 Å². The second kappa shape index (κ2) is 7.96. The third-order valence-corrected chi connectivity index (χ3v) is 5.94. The highest BCUT2D eigenvalue weighted by molar-refractivity contribution is 7.89. The third-order valence-electron chi connectivity index (χ3n) is 4.47. The molecule has 0 aliphatic heterocycles. The van der Waals surface area contributed by atoms with E-state index in [1.165, 1.54) is 0 Å². The summed E-state index contributed by atoms with van der Waals surface area (Å²) in [6.07, 6.45) is -2.48. The minimum absolute atomic E-state index is 0.0823. The number of halogens is 3. The maximum Gasteiger partial charge on any atom is 0.416 e. The van der Waals surface area contributed by atoms with Crippen LogP contribution in [0.5, 0.6) is 0 Å². The highest BCUT2D eigenvalue weighted by atomic mass is 32.2. The molecule has 1 N–H and O–H groups in total. The quantitative estimate of drug-likeness (QED) is 0.658. The lowest BCUT2D eigenvalue weighted by atomic mass is 10.1. The lowest BCUT2D eigenvalue weighted by Crippen LogP contribution is -2.26. The fraction of sp³-hybridized carbons (Fsp3) is 0.263. The Morgan fingerprint density at radius 3 is 2.34 bits per heavy atom. The third kappa shape index (κ3) is 4.65. The average molecular weight is 424 g/mol. The molecular formula is C19H19F3N4O2S. The summed E-state index contributed by atoms with van der Waals surface area (Å²) >= 11 is 0. The Morgan fingerprint density at radius 1 is 1.07 bits per heavy atom. The predicted octanol–water partition coefficient (Wildman–Crippen LogP) is 3.42. The summed E-state index contributed by atoms with van der Waals surface area (Å²) in [7, 11) is -3.92. The van der Waals surface area contributed by atoms with E-state index in [1.807, 2.05) is 26.0 Å². The van der Waals surface area contributed by atoms with Gasteiger partial charge in [0.25, 0.3) is 0 Å². The number of aromatic nitrogens is 3. The molecule has 3 rings (SSSR count). The highest BCUT2D eigenvalue weighted by Gasteiger charge is 2.30. The molecular weight excluding hydrogens is 405 g/mol. The number of sulfonamides is 1. The first-order valence-corrected chi connectivity index (χ1v) is 10.2. The minimum Gasteiger partial charge on any atom is -0.237 e. The Kier molecular flexibility index (Phi) is 5.76. The fourth-order valence-corrected chi connectivity index (χ4v) is 3.99. The van der Waals surface area contributed by atoms with Crippen LogP contribution in [0.15, 0.2) is 53.6 Å². The number of pyridine rings is 1. The monoisotopic (exact) mass is 424 g/mol. The normalized spacial score (nSPS) is 12.3. The zero-order valence-corrected chi connectivity index (χ0v) is 16.5. The summed E-state index contributed by atoms with van der Waals surface area (Å²) in [5, 5.41) is 4.46. The first-order valence-electron chi connectivity index (χ1n) is 8.73. The molecule has 10 heteroatoms. The van der Waals surface area contributed by atoms with Crippen molar-refractivity contribution >= 4 is 10.0 Å². The van der Waals surface area contributed by atoms with E-state index >= 15 is 0 Å².